The molecule has 0 N–H and O–H groups in total. The van der Waals surface area contributed by atoms with E-state index in [-0.39, 0.29) is 14.6 Å². The van der Waals surface area contributed by atoms with Gasteiger partial charge in [-0.15, -0.1) is 0 Å². The first-order valence-corrected chi connectivity index (χ1v) is 4.40. The fraction of sp³-hybridized carbons (Fsp3) is 0. The molecule has 0 aliphatic heterocycles. The summed E-state index contributed by atoms with van der Waals surface area (Å²) in [4.78, 5) is 9.79. The van der Waals surface area contributed by atoms with Crippen molar-refractivity contribution in [2.24, 2.45) is 0 Å². The van der Waals surface area contributed by atoms with Gasteiger partial charge in [0.25, 0.3) is 5.69 Å². The number of halogens is 3. The molecule has 0 bridgehead atoms. The molecule has 0 aliphatic carbocycles. The number of rotatable bonds is 1. The van der Waals surface area contributed by atoms with Crippen LogP contribution in [0.3, 0.4) is 0 Å². The normalized spacial score (nSPS) is 9.92. The average Bonchev–Trinajstić information content (AvgIpc) is 1.82. The highest BCUT2D eigenvalue weighted by Gasteiger charge is 2.17. The molecule has 0 aliphatic rings. The van der Waals surface area contributed by atoms with Gasteiger partial charge in [-0.2, -0.15) is 0 Å². The smallest absolute Gasteiger partial charge is 0.258 e. The van der Waals surface area contributed by atoms with E-state index in [2.05, 4.69) is 31.9 Å². The zero-order valence-electron chi connectivity index (χ0n) is 5.55. The van der Waals surface area contributed by atoms with Crippen LogP contribution in [-0.2, 0) is 0 Å². The molecule has 64 valence electrons. The molecule has 0 amide bonds. The predicted octanol–water partition coefficient (Wildman–Crippen LogP) is 3.26. The summed E-state index contributed by atoms with van der Waals surface area (Å²) in [6.07, 6.45) is 0. The van der Waals surface area contributed by atoms with Crippen molar-refractivity contribution in [2.75, 3.05) is 0 Å². The van der Waals surface area contributed by atoms with E-state index < -0.39 is 10.7 Å². The van der Waals surface area contributed by atoms with Gasteiger partial charge in [0.15, 0.2) is 0 Å². The Labute approximate surface area is 84.0 Å². The van der Waals surface area contributed by atoms with Crippen LogP contribution in [0.25, 0.3) is 0 Å². The number of hydrogen-bond donors (Lipinski definition) is 0. The highest BCUT2D eigenvalue weighted by molar-refractivity contribution is 9.11. The lowest BCUT2D eigenvalue weighted by molar-refractivity contribution is -0.386. The fourth-order valence-corrected chi connectivity index (χ4v) is 2.13. The third-order valence-electron chi connectivity index (χ3n) is 1.16. The Morgan fingerprint density at radius 3 is 2.08 bits per heavy atom. The molecule has 1 rings (SSSR count). The molecule has 0 heterocycles. The molecule has 1 aromatic rings. The highest BCUT2D eigenvalue weighted by atomic mass is 79.9. The maximum atomic E-state index is 12.6. The standard InChI is InChI=1S/C6H2Br2FNO2/c7-4-1-3(9)2-5(8)6(4)10(11)12/h1-2H. The topological polar surface area (TPSA) is 43.1 Å². The van der Waals surface area contributed by atoms with Gasteiger partial charge in [-0.1, -0.05) is 0 Å². The summed E-state index contributed by atoms with van der Waals surface area (Å²) in [5.41, 5.74) is -0.170. The second-order valence-corrected chi connectivity index (χ2v) is 3.68. The van der Waals surface area contributed by atoms with E-state index in [0.717, 1.165) is 12.1 Å². The van der Waals surface area contributed by atoms with Gasteiger partial charge >= 0.3 is 0 Å². The third kappa shape index (κ3) is 1.81. The molecule has 6 heteroatoms. The lowest BCUT2D eigenvalue weighted by Crippen LogP contribution is -1.91. The first-order valence-electron chi connectivity index (χ1n) is 2.81. The first kappa shape index (κ1) is 9.60. The zero-order valence-corrected chi connectivity index (χ0v) is 8.72. The molecule has 1 aromatic carbocycles. The van der Waals surface area contributed by atoms with Gasteiger partial charge in [-0.25, -0.2) is 4.39 Å². The first-order chi connectivity index (χ1) is 5.52. The Bertz CT molecular complexity index is 319. The van der Waals surface area contributed by atoms with E-state index in [1.165, 1.54) is 0 Å². The van der Waals surface area contributed by atoms with Crippen LogP contribution in [0.1, 0.15) is 0 Å². The van der Waals surface area contributed by atoms with Gasteiger partial charge < -0.3 is 0 Å². The van der Waals surface area contributed by atoms with Crippen molar-refractivity contribution >= 4 is 37.5 Å². The lowest BCUT2D eigenvalue weighted by Gasteiger charge is -1.97. The summed E-state index contributed by atoms with van der Waals surface area (Å²) >= 11 is 5.77. The van der Waals surface area contributed by atoms with Gasteiger partial charge in [0.1, 0.15) is 5.82 Å². The SMILES string of the molecule is O=[N+]([O-])c1c(Br)cc(F)cc1Br. The summed E-state index contributed by atoms with van der Waals surface area (Å²) in [6, 6.07) is 2.09. The van der Waals surface area contributed by atoms with Crippen LogP contribution in [0.5, 0.6) is 0 Å². The summed E-state index contributed by atoms with van der Waals surface area (Å²) in [6.45, 7) is 0. The van der Waals surface area contributed by atoms with Crippen molar-refractivity contribution in [3.05, 3.63) is 37.0 Å². The van der Waals surface area contributed by atoms with Crippen LogP contribution in [0.15, 0.2) is 21.1 Å². The molecule has 3 nitrogen and oxygen atoms in total. The van der Waals surface area contributed by atoms with E-state index in [9.17, 15) is 14.5 Å². The minimum absolute atomic E-state index is 0.124. The van der Waals surface area contributed by atoms with Crippen molar-refractivity contribution in [3.63, 3.8) is 0 Å². The Kier molecular flexibility index (Phi) is 2.79. The van der Waals surface area contributed by atoms with E-state index in [1.54, 1.807) is 0 Å². The molecule has 0 fully saturated rings. The minimum Gasteiger partial charge on any atom is -0.258 e. The van der Waals surface area contributed by atoms with Gasteiger partial charge in [0.2, 0.25) is 0 Å². The molecule has 0 aromatic heterocycles. The molecule has 0 spiro atoms. The zero-order chi connectivity index (χ0) is 9.30. The molecule has 0 saturated carbocycles. The molecular weight excluding hydrogens is 297 g/mol. The second kappa shape index (κ2) is 3.49. The maximum absolute atomic E-state index is 12.6. The largest absolute Gasteiger partial charge is 0.297 e. The van der Waals surface area contributed by atoms with Gasteiger partial charge in [-0.05, 0) is 44.0 Å². The van der Waals surface area contributed by atoms with E-state index in [0.29, 0.717) is 0 Å². The van der Waals surface area contributed by atoms with Crippen molar-refractivity contribution in [1.29, 1.82) is 0 Å². The summed E-state index contributed by atoms with van der Waals surface area (Å²) < 4.78 is 12.8. The Hall–Kier alpha value is -0.490. The number of nitrogens with zero attached hydrogens (tertiary/aromatic N) is 1. The van der Waals surface area contributed by atoms with Crippen LogP contribution in [0.4, 0.5) is 10.1 Å². The van der Waals surface area contributed by atoms with E-state index >= 15 is 0 Å². The summed E-state index contributed by atoms with van der Waals surface area (Å²) in [5, 5.41) is 10.4. The number of benzene rings is 1. The van der Waals surface area contributed by atoms with Crippen LogP contribution in [0.2, 0.25) is 0 Å². The molecular formula is C6H2Br2FNO2. The van der Waals surface area contributed by atoms with Crippen LogP contribution in [-0.4, -0.2) is 4.92 Å². The van der Waals surface area contributed by atoms with Crippen molar-refractivity contribution in [1.82, 2.24) is 0 Å². The van der Waals surface area contributed by atoms with Gasteiger partial charge in [0.05, 0.1) is 13.9 Å². The van der Waals surface area contributed by atoms with Crippen molar-refractivity contribution in [2.45, 2.75) is 0 Å². The van der Waals surface area contributed by atoms with Gasteiger partial charge in [-0.3, -0.25) is 10.1 Å². The average molecular weight is 299 g/mol. The summed E-state index contributed by atoms with van der Waals surface area (Å²) in [7, 11) is 0. The number of nitro benzene ring substituents is 1. The minimum atomic E-state index is -0.590. The predicted molar refractivity (Wildman–Crippen MR) is 48.5 cm³/mol. The monoisotopic (exact) mass is 297 g/mol. The molecule has 12 heavy (non-hydrogen) atoms. The molecule has 0 unspecified atom stereocenters. The van der Waals surface area contributed by atoms with Gasteiger partial charge in [0, 0.05) is 0 Å². The molecule has 0 saturated heterocycles. The van der Waals surface area contributed by atoms with E-state index in [1.807, 2.05) is 0 Å². The van der Waals surface area contributed by atoms with E-state index in [4.69, 9.17) is 0 Å². The fourth-order valence-electron chi connectivity index (χ4n) is 0.709. The molecule has 0 atom stereocenters. The van der Waals surface area contributed by atoms with Crippen LogP contribution >= 0.6 is 31.9 Å². The molecule has 0 radical (unpaired) electrons. The van der Waals surface area contributed by atoms with Crippen LogP contribution < -0.4 is 0 Å². The second-order valence-electron chi connectivity index (χ2n) is 1.98. The Balaban J connectivity index is 3.38. The Morgan fingerprint density at radius 1 is 1.33 bits per heavy atom. The van der Waals surface area contributed by atoms with Crippen molar-refractivity contribution < 1.29 is 9.31 Å². The summed E-state index contributed by atoms with van der Waals surface area (Å²) in [5.74, 6) is -0.528. The maximum Gasteiger partial charge on any atom is 0.297 e. The highest BCUT2D eigenvalue weighted by Crippen LogP contribution is 2.33. The third-order valence-corrected chi connectivity index (χ3v) is 2.37. The van der Waals surface area contributed by atoms with Crippen molar-refractivity contribution in [3.8, 4) is 0 Å². The Morgan fingerprint density at radius 2 is 1.75 bits per heavy atom. The van der Waals surface area contributed by atoms with Crippen LogP contribution in [0, 0.1) is 15.9 Å². The number of hydrogen-bond acceptors (Lipinski definition) is 2. The lowest BCUT2D eigenvalue weighted by atomic mass is 10.3. The number of nitro groups is 1. The quantitative estimate of drug-likeness (QED) is 0.590.